The summed E-state index contributed by atoms with van der Waals surface area (Å²) in [5.41, 5.74) is 4.64. The smallest absolute Gasteiger partial charge is 0.308 e. The van der Waals surface area contributed by atoms with Crippen LogP contribution in [0, 0.1) is 0 Å². The number of ether oxygens (including phenoxy) is 2. The van der Waals surface area contributed by atoms with Gasteiger partial charge in [-0.3, -0.25) is 10.2 Å². The van der Waals surface area contributed by atoms with Gasteiger partial charge in [-0.05, 0) is 52.7 Å². The predicted octanol–water partition coefficient (Wildman–Crippen LogP) is 4.22. The summed E-state index contributed by atoms with van der Waals surface area (Å²) in [6, 6.07) is 13.2. The number of esters is 1. The van der Waals surface area contributed by atoms with E-state index in [-0.39, 0.29) is 0 Å². The fraction of sp³-hybridized carbons (Fsp3) is 0.176. The van der Waals surface area contributed by atoms with Crippen LogP contribution < -0.4 is 14.9 Å². The van der Waals surface area contributed by atoms with Crippen molar-refractivity contribution in [2.45, 2.75) is 13.8 Å². The Morgan fingerprint density at radius 3 is 2.70 bits per heavy atom. The number of anilines is 1. The highest BCUT2D eigenvalue weighted by atomic mass is 79.9. The van der Waals surface area contributed by atoms with Crippen LogP contribution in [0.4, 0.5) is 5.69 Å². The number of nitrogens with one attached hydrogen (secondary N) is 1. The lowest BCUT2D eigenvalue weighted by molar-refractivity contribution is -0.132. The number of para-hydroxylation sites is 1. The summed E-state index contributed by atoms with van der Waals surface area (Å²) >= 11 is 3.39. The number of hydrogen-bond donors (Lipinski definition) is 1. The van der Waals surface area contributed by atoms with E-state index in [1.807, 2.05) is 37.3 Å². The van der Waals surface area contributed by atoms with E-state index in [4.69, 9.17) is 9.47 Å². The molecule has 0 saturated carbocycles. The number of carbonyl (C=O) groups is 1. The van der Waals surface area contributed by atoms with Crippen molar-refractivity contribution >= 4 is 33.8 Å². The van der Waals surface area contributed by atoms with Crippen molar-refractivity contribution in [1.29, 1.82) is 0 Å². The molecule has 0 saturated heterocycles. The molecule has 6 heteroatoms. The standard InChI is InChI=1S/C17H17BrN2O3/c1-3-22-16-10-13(9-15(18)17(16)23-12(2)21)11-19-20-14-7-5-4-6-8-14/h4-11,20H,3H2,1-2H3. The van der Waals surface area contributed by atoms with Gasteiger partial charge in [0.15, 0.2) is 11.5 Å². The Labute approximate surface area is 143 Å². The van der Waals surface area contributed by atoms with E-state index in [0.717, 1.165) is 11.3 Å². The van der Waals surface area contributed by atoms with Gasteiger partial charge in [0.25, 0.3) is 0 Å². The molecule has 0 aliphatic heterocycles. The first kappa shape index (κ1) is 17.0. The fourth-order valence-electron chi connectivity index (χ4n) is 1.86. The highest BCUT2D eigenvalue weighted by Crippen LogP contribution is 2.36. The molecule has 5 nitrogen and oxygen atoms in total. The average molecular weight is 377 g/mol. The maximum Gasteiger partial charge on any atom is 0.308 e. The van der Waals surface area contributed by atoms with Crippen molar-refractivity contribution in [2.75, 3.05) is 12.0 Å². The zero-order chi connectivity index (χ0) is 16.7. The number of halogens is 1. The second-order valence-electron chi connectivity index (χ2n) is 4.59. The van der Waals surface area contributed by atoms with Crippen LogP contribution in [0.3, 0.4) is 0 Å². The molecule has 1 N–H and O–H groups in total. The van der Waals surface area contributed by atoms with E-state index in [2.05, 4.69) is 26.5 Å². The third kappa shape index (κ3) is 5.10. The van der Waals surface area contributed by atoms with Crippen LogP contribution in [0.1, 0.15) is 19.4 Å². The van der Waals surface area contributed by atoms with Crippen LogP contribution in [0.2, 0.25) is 0 Å². The van der Waals surface area contributed by atoms with E-state index >= 15 is 0 Å². The summed E-state index contributed by atoms with van der Waals surface area (Å²) in [4.78, 5) is 11.2. The molecule has 0 aliphatic carbocycles. The third-order valence-electron chi connectivity index (χ3n) is 2.76. The molecular weight excluding hydrogens is 360 g/mol. The van der Waals surface area contributed by atoms with Gasteiger partial charge in [0, 0.05) is 6.92 Å². The molecule has 0 unspecified atom stereocenters. The Morgan fingerprint density at radius 2 is 2.04 bits per heavy atom. The highest BCUT2D eigenvalue weighted by molar-refractivity contribution is 9.10. The lowest BCUT2D eigenvalue weighted by atomic mass is 10.2. The van der Waals surface area contributed by atoms with E-state index in [1.165, 1.54) is 6.92 Å². The Balaban J connectivity index is 2.20. The van der Waals surface area contributed by atoms with Gasteiger partial charge >= 0.3 is 5.97 Å². The normalized spacial score (nSPS) is 10.6. The SMILES string of the molecule is CCOc1cc(C=NNc2ccccc2)cc(Br)c1OC(C)=O. The number of hydrazone groups is 1. The summed E-state index contributed by atoms with van der Waals surface area (Å²) in [6.45, 7) is 3.67. The molecule has 2 aromatic rings. The van der Waals surface area contributed by atoms with Crippen molar-refractivity contribution in [2.24, 2.45) is 5.10 Å². The number of hydrogen-bond acceptors (Lipinski definition) is 5. The molecule has 2 rings (SSSR count). The van der Waals surface area contributed by atoms with Gasteiger partial charge in [0.1, 0.15) is 0 Å². The quantitative estimate of drug-likeness (QED) is 0.355. The van der Waals surface area contributed by atoms with Crippen molar-refractivity contribution in [3.05, 3.63) is 52.5 Å². The van der Waals surface area contributed by atoms with Crippen LogP contribution in [-0.4, -0.2) is 18.8 Å². The highest BCUT2D eigenvalue weighted by Gasteiger charge is 2.13. The molecular formula is C17H17BrN2O3. The third-order valence-corrected chi connectivity index (χ3v) is 3.35. The molecule has 0 amide bonds. The Hall–Kier alpha value is -2.34. The zero-order valence-corrected chi connectivity index (χ0v) is 14.5. The molecule has 0 atom stereocenters. The first-order chi connectivity index (χ1) is 11.1. The first-order valence-electron chi connectivity index (χ1n) is 7.09. The summed E-state index contributed by atoms with van der Waals surface area (Å²) in [5.74, 6) is 0.449. The monoisotopic (exact) mass is 376 g/mol. The predicted molar refractivity (Wildman–Crippen MR) is 94.3 cm³/mol. The summed E-state index contributed by atoms with van der Waals surface area (Å²) in [6.07, 6.45) is 1.66. The molecule has 0 bridgehead atoms. The summed E-state index contributed by atoms with van der Waals surface area (Å²) < 4.78 is 11.3. The lowest BCUT2D eigenvalue weighted by Crippen LogP contribution is -2.05. The Morgan fingerprint density at radius 1 is 1.30 bits per heavy atom. The molecule has 2 aromatic carbocycles. The molecule has 0 aromatic heterocycles. The Kier molecular flexibility index (Phi) is 6.17. The second kappa shape index (κ2) is 8.33. The minimum Gasteiger partial charge on any atom is -0.490 e. The summed E-state index contributed by atoms with van der Waals surface area (Å²) in [5, 5.41) is 4.19. The average Bonchev–Trinajstić information content (AvgIpc) is 2.52. The van der Waals surface area contributed by atoms with Crippen molar-refractivity contribution in [3.8, 4) is 11.5 Å². The topological polar surface area (TPSA) is 59.9 Å². The molecule has 0 heterocycles. The van der Waals surface area contributed by atoms with E-state index in [0.29, 0.717) is 22.6 Å². The fourth-order valence-corrected chi connectivity index (χ4v) is 2.40. The summed E-state index contributed by atoms with van der Waals surface area (Å²) in [7, 11) is 0. The second-order valence-corrected chi connectivity index (χ2v) is 5.45. The number of benzene rings is 2. The van der Waals surface area contributed by atoms with Gasteiger partial charge < -0.3 is 9.47 Å². The van der Waals surface area contributed by atoms with Gasteiger partial charge in [0.05, 0.1) is 23.0 Å². The lowest BCUT2D eigenvalue weighted by Gasteiger charge is -2.12. The maximum atomic E-state index is 11.2. The van der Waals surface area contributed by atoms with Gasteiger partial charge in [0.2, 0.25) is 0 Å². The van der Waals surface area contributed by atoms with Gasteiger partial charge in [-0.25, -0.2) is 0 Å². The van der Waals surface area contributed by atoms with Crippen LogP contribution >= 0.6 is 15.9 Å². The molecule has 0 fully saturated rings. The van der Waals surface area contributed by atoms with Gasteiger partial charge in [-0.15, -0.1) is 0 Å². The number of carbonyl (C=O) groups excluding carboxylic acids is 1. The van der Waals surface area contributed by atoms with Crippen LogP contribution in [-0.2, 0) is 4.79 Å². The Bertz CT molecular complexity index is 702. The van der Waals surface area contributed by atoms with Gasteiger partial charge in [-0.1, -0.05) is 18.2 Å². The molecule has 23 heavy (non-hydrogen) atoms. The number of rotatable bonds is 6. The molecule has 120 valence electrons. The molecule has 0 radical (unpaired) electrons. The van der Waals surface area contributed by atoms with Crippen molar-refractivity contribution in [3.63, 3.8) is 0 Å². The van der Waals surface area contributed by atoms with Crippen LogP contribution in [0.25, 0.3) is 0 Å². The minimum atomic E-state index is -0.404. The van der Waals surface area contributed by atoms with E-state index in [1.54, 1.807) is 18.3 Å². The van der Waals surface area contributed by atoms with E-state index in [9.17, 15) is 4.79 Å². The largest absolute Gasteiger partial charge is 0.490 e. The number of nitrogens with zero attached hydrogens (tertiary/aromatic N) is 1. The zero-order valence-electron chi connectivity index (χ0n) is 12.9. The molecule has 0 aliphatic rings. The van der Waals surface area contributed by atoms with Gasteiger partial charge in [-0.2, -0.15) is 5.10 Å². The molecule has 0 spiro atoms. The van der Waals surface area contributed by atoms with Crippen molar-refractivity contribution < 1.29 is 14.3 Å². The minimum absolute atomic E-state index is 0.368. The van der Waals surface area contributed by atoms with E-state index < -0.39 is 5.97 Å². The first-order valence-corrected chi connectivity index (χ1v) is 7.88. The van der Waals surface area contributed by atoms with Crippen LogP contribution in [0.15, 0.2) is 52.0 Å². The maximum absolute atomic E-state index is 11.2. The van der Waals surface area contributed by atoms with Crippen molar-refractivity contribution in [1.82, 2.24) is 0 Å². The van der Waals surface area contributed by atoms with Crippen LogP contribution in [0.5, 0.6) is 11.5 Å².